The lowest BCUT2D eigenvalue weighted by atomic mass is 9.93. The van der Waals surface area contributed by atoms with Crippen LogP contribution >= 0.6 is 23.2 Å². The summed E-state index contributed by atoms with van der Waals surface area (Å²) in [7, 11) is 1.61. The van der Waals surface area contributed by atoms with Crippen LogP contribution in [0.1, 0.15) is 36.8 Å². The SMILES string of the molecule is COc1ccc2cc([C@H](C)C(=O)OC(Cc3c(Cl)cncc3Cl)C3=CC(OCC4CC4)C(OC(F)F)C=C3)ccc2c1. The van der Waals surface area contributed by atoms with E-state index < -0.39 is 36.8 Å². The largest absolute Gasteiger partial charge is 0.497 e. The van der Waals surface area contributed by atoms with Crippen LogP contribution in [0.5, 0.6) is 5.75 Å². The molecule has 1 fully saturated rings. The van der Waals surface area contributed by atoms with E-state index in [9.17, 15) is 13.6 Å². The van der Waals surface area contributed by atoms with Crippen molar-refractivity contribution in [3.63, 3.8) is 0 Å². The van der Waals surface area contributed by atoms with Gasteiger partial charge in [-0.05, 0) is 71.4 Å². The lowest BCUT2D eigenvalue weighted by molar-refractivity contribution is -0.174. The van der Waals surface area contributed by atoms with Gasteiger partial charge in [0.2, 0.25) is 0 Å². The maximum atomic E-state index is 13.6. The van der Waals surface area contributed by atoms with Crippen molar-refractivity contribution in [1.82, 2.24) is 4.98 Å². The van der Waals surface area contributed by atoms with Gasteiger partial charge in [-0.25, -0.2) is 0 Å². The maximum Gasteiger partial charge on any atom is 0.345 e. The highest BCUT2D eigenvalue weighted by Gasteiger charge is 2.32. The Hall–Kier alpha value is -3.04. The number of benzene rings is 2. The zero-order valence-corrected chi connectivity index (χ0v) is 24.7. The van der Waals surface area contributed by atoms with Crippen LogP contribution in [0.25, 0.3) is 10.8 Å². The lowest BCUT2D eigenvalue weighted by Gasteiger charge is -2.29. The smallest absolute Gasteiger partial charge is 0.345 e. The van der Waals surface area contributed by atoms with Gasteiger partial charge in [-0.3, -0.25) is 9.78 Å². The van der Waals surface area contributed by atoms with Crippen molar-refractivity contribution in [1.29, 1.82) is 0 Å². The minimum Gasteiger partial charge on any atom is -0.497 e. The number of halogens is 4. The van der Waals surface area contributed by atoms with Gasteiger partial charge in [0.05, 0.1) is 29.7 Å². The molecule has 1 saturated carbocycles. The van der Waals surface area contributed by atoms with Crippen LogP contribution in [0.3, 0.4) is 0 Å². The van der Waals surface area contributed by atoms with Gasteiger partial charge in [-0.2, -0.15) is 8.78 Å². The molecule has 3 unspecified atom stereocenters. The van der Waals surface area contributed by atoms with Gasteiger partial charge >= 0.3 is 12.6 Å². The highest BCUT2D eigenvalue weighted by molar-refractivity contribution is 6.35. The Kier molecular flexibility index (Phi) is 9.78. The summed E-state index contributed by atoms with van der Waals surface area (Å²) in [4.78, 5) is 17.6. The number of fused-ring (bicyclic) bond motifs is 1. The fourth-order valence-corrected chi connectivity index (χ4v) is 5.37. The molecular weight excluding hydrogens is 587 g/mol. The van der Waals surface area contributed by atoms with E-state index in [-0.39, 0.29) is 6.42 Å². The number of rotatable bonds is 12. The first-order chi connectivity index (χ1) is 20.2. The van der Waals surface area contributed by atoms with E-state index in [0.29, 0.717) is 33.7 Å². The number of ether oxygens (including phenoxy) is 4. The minimum atomic E-state index is -2.96. The maximum absolute atomic E-state index is 13.6. The molecule has 2 aliphatic rings. The molecule has 1 aromatic heterocycles. The Morgan fingerprint density at radius 1 is 1.05 bits per heavy atom. The molecule has 0 saturated heterocycles. The van der Waals surface area contributed by atoms with E-state index in [2.05, 4.69) is 4.98 Å². The van der Waals surface area contributed by atoms with Crippen LogP contribution in [0.2, 0.25) is 10.0 Å². The quantitative estimate of drug-likeness (QED) is 0.194. The molecule has 6 nitrogen and oxygen atoms in total. The molecule has 0 radical (unpaired) electrons. The molecule has 2 aromatic carbocycles. The zero-order valence-electron chi connectivity index (χ0n) is 23.1. The second-order valence-electron chi connectivity index (χ2n) is 10.5. The fraction of sp³-hybridized carbons (Fsp3) is 0.375. The van der Waals surface area contributed by atoms with Gasteiger partial charge < -0.3 is 18.9 Å². The topological polar surface area (TPSA) is 66.9 Å². The van der Waals surface area contributed by atoms with E-state index in [1.165, 1.54) is 18.5 Å². The average Bonchev–Trinajstić information content (AvgIpc) is 3.81. The van der Waals surface area contributed by atoms with E-state index in [1.54, 1.807) is 26.2 Å². The number of carbonyl (C=O) groups is 1. The monoisotopic (exact) mass is 617 g/mol. The van der Waals surface area contributed by atoms with Crippen molar-refractivity contribution in [2.24, 2.45) is 5.92 Å². The number of esters is 1. The van der Waals surface area contributed by atoms with Gasteiger partial charge in [-0.15, -0.1) is 0 Å². The summed E-state index contributed by atoms with van der Waals surface area (Å²) in [6, 6.07) is 11.5. The van der Waals surface area contributed by atoms with Crippen LogP contribution < -0.4 is 4.74 Å². The molecule has 0 bridgehead atoms. The number of alkyl halides is 2. The van der Waals surface area contributed by atoms with Crippen LogP contribution in [-0.2, 0) is 25.4 Å². The summed E-state index contributed by atoms with van der Waals surface area (Å²) in [5.74, 6) is 0.0811. The van der Waals surface area contributed by atoms with E-state index >= 15 is 0 Å². The van der Waals surface area contributed by atoms with Crippen LogP contribution in [0, 0.1) is 5.92 Å². The molecule has 4 atom stereocenters. The van der Waals surface area contributed by atoms with Crippen LogP contribution in [0.15, 0.2) is 72.6 Å². The first-order valence-electron chi connectivity index (χ1n) is 13.7. The highest BCUT2D eigenvalue weighted by atomic mass is 35.5. The summed E-state index contributed by atoms with van der Waals surface area (Å²) in [5, 5.41) is 2.58. The number of carbonyl (C=O) groups excluding carboxylic acids is 1. The molecule has 0 N–H and O–H groups in total. The van der Waals surface area contributed by atoms with Crippen molar-refractivity contribution in [3.8, 4) is 5.75 Å². The minimum absolute atomic E-state index is 0.141. The molecule has 1 heterocycles. The van der Waals surface area contributed by atoms with Crippen LogP contribution in [0.4, 0.5) is 8.78 Å². The van der Waals surface area contributed by atoms with E-state index in [0.717, 1.165) is 34.9 Å². The molecule has 3 aromatic rings. The first kappa shape index (κ1) is 30.4. The zero-order chi connectivity index (χ0) is 29.8. The van der Waals surface area contributed by atoms with Crippen LogP contribution in [-0.4, -0.2) is 49.6 Å². The summed E-state index contributed by atoms with van der Waals surface area (Å²) in [5.41, 5.74) is 1.90. The van der Waals surface area contributed by atoms with Crippen molar-refractivity contribution in [2.45, 2.75) is 57.0 Å². The summed E-state index contributed by atoms with van der Waals surface area (Å²) < 4.78 is 48.5. The Labute approximate surface area is 253 Å². The average molecular weight is 619 g/mol. The second kappa shape index (κ2) is 13.5. The fourth-order valence-electron chi connectivity index (χ4n) is 4.85. The molecule has 42 heavy (non-hydrogen) atoms. The number of hydrogen-bond acceptors (Lipinski definition) is 6. The molecular formula is C32H31Cl2F2NO5. The van der Waals surface area contributed by atoms with Crippen molar-refractivity contribution < 1.29 is 32.5 Å². The van der Waals surface area contributed by atoms with Gasteiger partial charge in [0.15, 0.2) is 0 Å². The van der Waals surface area contributed by atoms with Gasteiger partial charge in [0, 0.05) is 18.8 Å². The van der Waals surface area contributed by atoms with E-state index in [4.69, 9.17) is 42.1 Å². The first-order valence-corrected chi connectivity index (χ1v) is 14.5. The highest BCUT2D eigenvalue weighted by Crippen LogP contribution is 2.33. The lowest BCUT2D eigenvalue weighted by Crippen LogP contribution is -2.35. The molecule has 5 rings (SSSR count). The predicted octanol–water partition coefficient (Wildman–Crippen LogP) is 7.71. The Bertz CT molecular complexity index is 1470. The normalized spacial score (nSPS) is 19.9. The Morgan fingerprint density at radius 2 is 1.76 bits per heavy atom. The summed E-state index contributed by atoms with van der Waals surface area (Å²) >= 11 is 12.8. The molecule has 10 heteroatoms. The van der Waals surface area contributed by atoms with Crippen molar-refractivity contribution in [2.75, 3.05) is 13.7 Å². The number of hydrogen-bond donors (Lipinski definition) is 0. The molecule has 2 aliphatic carbocycles. The third-order valence-electron chi connectivity index (χ3n) is 7.54. The van der Waals surface area contributed by atoms with Crippen molar-refractivity contribution in [3.05, 3.63) is 93.8 Å². The number of aromatic nitrogens is 1. The number of methoxy groups -OCH3 is 1. The number of nitrogens with zero attached hydrogens (tertiary/aromatic N) is 1. The molecule has 222 valence electrons. The summed E-state index contributed by atoms with van der Waals surface area (Å²) in [6.45, 7) is -0.758. The Balaban J connectivity index is 1.41. The third kappa shape index (κ3) is 7.48. The third-order valence-corrected chi connectivity index (χ3v) is 8.19. The summed E-state index contributed by atoms with van der Waals surface area (Å²) in [6.07, 6.45) is 7.38. The molecule has 0 amide bonds. The number of pyridine rings is 1. The van der Waals surface area contributed by atoms with Crippen molar-refractivity contribution >= 4 is 39.9 Å². The van der Waals surface area contributed by atoms with E-state index in [1.807, 2.05) is 36.4 Å². The predicted molar refractivity (Wildman–Crippen MR) is 157 cm³/mol. The molecule has 0 spiro atoms. The van der Waals surface area contributed by atoms with Gasteiger partial charge in [-0.1, -0.05) is 59.6 Å². The standard InChI is InChI=1S/C32H31Cl2F2NO5/c1-18(20-5-6-22-12-24(39-2)9-7-21(22)11-20)31(38)41-29(14-25-26(33)15-37-16-27(25)34)23-8-10-28(42-32(35)36)30(13-23)40-17-19-3-4-19/h5-13,15-16,18-19,28-30,32H,3-4,14,17H2,1-2H3/t18-,28?,29?,30?/m0/s1. The second-order valence-corrected chi connectivity index (χ2v) is 11.3. The van der Waals surface area contributed by atoms with Gasteiger partial charge in [0.1, 0.15) is 24.1 Å². The van der Waals surface area contributed by atoms with Gasteiger partial charge in [0.25, 0.3) is 0 Å². The Morgan fingerprint density at radius 3 is 2.45 bits per heavy atom. The molecule has 0 aliphatic heterocycles.